The number of hydrogen-bond donors (Lipinski definition) is 0. The van der Waals surface area contributed by atoms with Crippen molar-refractivity contribution in [1.29, 1.82) is 0 Å². The standard InChI is InChI=1S/6C6H15O3P.4ClH.2Pd/c6*1-4-7-10(8-5-2)9-6-3;;;;;;/h6*4-6H2,1-3H3;4*1H;;/q;;;;;;;;;;2*+2/p-4. The van der Waals surface area contributed by atoms with Crippen LogP contribution in [0.4, 0.5) is 0 Å². The molecule has 0 heterocycles. The SMILES string of the molecule is CCOP(OCC)OCC.CCOP(OCC)OCC.CCOP(OCC)OCC.CCOP(OCC)OCC.CCOP(OCC)OCC.CCOP(OCC)OCC.[Cl][Pd][Cl].[Cl][Pd][Cl]. The number of halogens is 4. The van der Waals surface area contributed by atoms with Crippen LogP contribution >= 0.6 is 89.7 Å². The predicted octanol–water partition coefficient (Wildman–Crippen LogP) is 16.7. The topological polar surface area (TPSA) is 166 Å². The van der Waals surface area contributed by atoms with Gasteiger partial charge >= 0.3 is 122 Å². The Labute approximate surface area is 443 Å². The summed E-state index contributed by atoms with van der Waals surface area (Å²) in [4.78, 5) is 0. The van der Waals surface area contributed by atoms with Crippen LogP contribution in [0.5, 0.6) is 0 Å². The first kappa shape index (κ1) is 87.0. The van der Waals surface area contributed by atoms with Gasteiger partial charge in [-0.15, -0.1) is 0 Å². The van der Waals surface area contributed by atoms with E-state index < -0.39 is 51.6 Å². The second kappa shape index (κ2) is 88.9. The second-order valence-corrected chi connectivity index (χ2v) is 21.0. The molecule has 0 bridgehead atoms. The first-order chi connectivity index (χ1) is 31.9. The summed E-state index contributed by atoms with van der Waals surface area (Å²) in [7, 11) is 12.9. The van der Waals surface area contributed by atoms with Crippen LogP contribution in [0.15, 0.2) is 0 Å². The van der Waals surface area contributed by atoms with E-state index in [0.717, 1.165) is 0 Å². The third kappa shape index (κ3) is 91.1. The molecule has 0 radical (unpaired) electrons. The van der Waals surface area contributed by atoms with Crippen LogP contribution in [0, 0.1) is 0 Å². The molecule has 0 aromatic rings. The Morgan fingerprint density at radius 2 is 0.227 bits per heavy atom. The summed E-state index contributed by atoms with van der Waals surface area (Å²) < 4.78 is 92.6. The van der Waals surface area contributed by atoms with E-state index in [1.807, 2.05) is 125 Å². The van der Waals surface area contributed by atoms with Gasteiger partial charge in [0.25, 0.3) is 0 Å². The maximum absolute atomic E-state index is 5.14. The van der Waals surface area contributed by atoms with Gasteiger partial charge in [-0.1, -0.05) is 0 Å². The summed E-state index contributed by atoms with van der Waals surface area (Å²) in [5.74, 6) is 0. The van der Waals surface area contributed by atoms with Crippen molar-refractivity contribution in [3.05, 3.63) is 0 Å². The van der Waals surface area contributed by atoms with Gasteiger partial charge in [-0.2, -0.15) is 0 Å². The van der Waals surface area contributed by atoms with Gasteiger partial charge in [0.05, 0.1) is 119 Å². The average molecular weight is 1350 g/mol. The van der Waals surface area contributed by atoms with Crippen LogP contribution in [0.3, 0.4) is 0 Å². The van der Waals surface area contributed by atoms with Crippen molar-refractivity contribution in [2.75, 3.05) is 119 Å². The van der Waals surface area contributed by atoms with Crippen LogP contribution in [0.25, 0.3) is 0 Å². The molecular formula is C36H90Cl4O18P6Pd2. The first-order valence-corrected chi connectivity index (χ1v) is 36.3. The van der Waals surface area contributed by atoms with Crippen molar-refractivity contribution >= 4 is 89.7 Å². The molecule has 0 aliphatic heterocycles. The van der Waals surface area contributed by atoms with Gasteiger partial charge in [0.15, 0.2) is 0 Å². The number of hydrogen-bond acceptors (Lipinski definition) is 18. The van der Waals surface area contributed by atoms with E-state index >= 15 is 0 Å². The van der Waals surface area contributed by atoms with Crippen LogP contribution in [0.1, 0.15) is 125 Å². The molecule has 66 heavy (non-hydrogen) atoms. The molecule has 0 amide bonds. The Kier molecular flexibility index (Phi) is 117. The summed E-state index contributed by atoms with van der Waals surface area (Å²) in [5, 5.41) is 0. The van der Waals surface area contributed by atoms with E-state index in [4.69, 9.17) is 120 Å². The summed E-state index contributed by atoms with van der Waals surface area (Å²) in [6, 6.07) is 0. The van der Waals surface area contributed by atoms with Crippen molar-refractivity contribution < 1.29 is 113 Å². The Bertz CT molecular complexity index is 535. The Balaban J connectivity index is -0.0000000994. The Morgan fingerprint density at radius 3 is 0.258 bits per heavy atom. The molecule has 0 aliphatic rings. The first-order valence-electron chi connectivity index (χ1n) is 21.7. The second-order valence-electron chi connectivity index (χ2n) is 8.95. The molecule has 0 rings (SSSR count). The van der Waals surface area contributed by atoms with E-state index in [1.165, 1.54) is 0 Å². The summed E-state index contributed by atoms with van der Waals surface area (Å²) >= 11 is -0.211. The summed E-state index contributed by atoms with van der Waals surface area (Å²) in [6.07, 6.45) is 0. The minimum absolute atomic E-state index is 0.106. The van der Waals surface area contributed by atoms with Gasteiger partial charge in [-0.25, -0.2) is 0 Å². The molecule has 18 nitrogen and oxygen atoms in total. The normalized spacial score (nSPS) is 10.5. The summed E-state index contributed by atoms with van der Waals surface area (Å²) in [5.41, 5.74) is 0. The monoisotopic (exact) mass is 1350 g/mol. The molecule has 0 atom stereocenters. The van der Waals surface area contributed by atoms with Gasteiger partial charge in [0.2, 0.25) is 0 Å². The molecule has 0 saturated carbocycles. The summed E-state index contributed by atoms with van der Waals surface area (Å²) in [6.45, 7) is 46.2. The molecule has 0 fully saturated rings. The van der Waals surface area contributed by atoms with Crippen molar-refractivity contribution in [2.24, 2.45) is 0 Å². The van der Waals surface area contributed by atoms with Crippen molar-refractivity contribution in [3.63, 3.8) is 0 Å². The van der Waals surface area contributed by atoms with Crippen molar-refractivity contribution in [3.8, 4) is 0 Å². The molecule has 0 aliphatic carbocycles. The van der Waals surface area contributed by atoms with Crippen LogP contribution < -0.4 is 0 Å². The zero-order valence-corrected chi connectivity index (χ0v) is 54.4. The maximum atomic E-state index is 5.14. The molecular weight excluding hydrogens is 1260 g/mol. The molecule has 0 saturated heterocycles. The quantitative estimate of drug-likeness (QED) is 0.0429. The molecule has 0 unspecified atom stereocenters. The molecule has 30 heteroatoms. The van der Waals surface area contributed by atoms with Gasteiger partial charge in [-0.3, -0.25) is 0 Å². The van der Waals surface area contributed by atoms with Crippen LogP contribution in [-0.2, 0) is 113 Å². The average Bonchev–Trinajstić information content (AvgIpc) is 3.27. The van der Waals surface area contributed by atoms with E-state index in [1.54, 1.807) is 0 Å². The third-order valence-corrected chi connectivity index (χ3v) is 12.7. The molecule has 420 valence electrons. The van der Waals surface area contributed by atoms with Crippen LogP contribution in [-0.4, -0.2) is 119 Å². The van der Waals surface area contributed by atoms with E-state index in [-0.39, 0.29) is 31.9 Å². The fourth-order valence-corrected chi connectivity index (χ4v) is 7.70. The molecule has 0 aromatic carbocycles. The zero-order valence-electron chi connectivity index (χ0n) is 42.9. The fourth-order valence-electron chi connectivity index (χ4n) is 2.57. The van der Waals surface area contributed by atoms with E-state index in [9.17, 15) is 0 Å². The van der Waals surface area contributed by atoms with E-state index in [0.29, 0.717) is 119 Å². The van der Waals surface area contributed by atoms with Crippen LogP contribution in [0.2, 0.25) is 0 Å². The van der Waals surface area contributed by atoms with Gasteiger partial charge in [-0.05, 0) is 125 Å². The minimum atomic E-state index is -1.06. The third-order valence-electron chi connectivity index (χ3n) is 4.22. The Hall–Kier alpha value is 4.34. The number of rotatable bonds is 36. The van der Waals surface area contributed by atoms with Gasteiger partial charge < -0.3 is 81.4 Å². The van der Waals surface area contributed by atoms with Gasteiger partial charge in [0.1, 0.15) is 0 Å². The van der Waals surface area contributed by atoms with Gasteiger partial charge in [0, 0.05) is 0 Å². The molecule has 0 aromatic heterocycles. The van der Waals surface area contributed by atoms with Crippen molar-refractivity contribution in [2.45, 2.75) is 125 Å². The van der Waals surface area contributed by atoms with E-state index in [2.05, 4.69) is 0 Å². The Morgan fingerprint density at radius 1 is 0.182 bits per heavy atom. The van der Waals surface area contributed by atoms with Crippen molar-refractivity contribution in [1.82, 2.24) is 0 Å². The molecule has 0 N–H and O–H groups in total. The predicted molar refractivity (Wildman–Crippen MR) is 274 cm³/mol. The molecule has 0 spiro atoms. The zero-order chi connectivity index (χ0) is 52.3. The fraction of sp³-hybridized carbons (Fsp3) is 1.00.